The normalized spacial score (nSPS) is 16.6. The number of piperazine rings is 1. The monoisotopic (exact) mass is 282 g/mol. The second-order valence-electron chi connectivity index (χ2n) is 4.90. The van der Waals surface area contributed by atoms with Crippen LogP contribution in [0.5, 0.6) is 5.75 Å². The summed E-state index contributed by atoms with van der Waals surface area (Å²) in [5.41, 5.74) is 1.21. The molecular formula is C15H23ClN2O. The summed E-state index contributed by atoms with van der Waals surface area (Å²) in [7, 11) is 1.74. The van der Waals surface area contributed by atoms with E-state index in [1.165, 1.54) is 18.7 Å². The zero-order chi connectivity index (χ0) is 13.5. The molecule has 1 fully saturated rings. The molecule has 1 aliphatic rings. The van der Waals surface area contributed by atoms with E-state index in [-0.39, 0.29) is 0 Å². The van der Waals surface area contributed by atoms with E-state index in [9.17, 15) is 0 Å². The molecular weight excluding hydrogens is 260 g/mol. The lowest BCUT2D eigenvalue weighted by molar-refractivity contribution is 0.253. The molecule has 0 unspecified atom stereocenters. The minimum atomic E-state index is 0.779. The Bertz CT molecular complexity index is 378. The highest BCUT2D eigenvalue weighted by molar-refractivity contribution is 6.17. The highest BCUT2D eigenvalue weighted by atomic mass is 35.5. The lowest BCUT2D eigenvalue weighted by atomic mass is 10.2. The zero-order valence-corrected chi connectivity index (χ0v) is 12.4. The Morgan fingerprint density at radius 3 is 2.53 bits per heavy atom. The summed E-state index contributed by atoms with van der Waals surface area (Å²) in [5.74, 6) is 1.75. The van der Waals surface area contributed by atoms with E-state index >= 15 is 0 Å². The first kappa shape index (κ1) is 14.5. The summed E-state index contributed by atoms with van der Waals surface area (Å²) in [6.07, 6.45) is 2.33. The summed E-state index contributed by atoms with van der Waals surface area (Å²) in [6, 6.07) is 8.26. The fraction of sp³-hybridized carbons (Fsp3) is 0.600. The fourth-order valence-electron chi connectivity index (χ4n) is 2.53. The number of alkyl halides is 1. The Morgan fingerprint density at radius 1 is 1.11 bits per heavy atom. The molecule has 0 bridgehead atoms. The summed E-state index contributed by atoms with van der Waals surface area (Å²) in [4.78, 5) is 4.94. The molecule has 19 heavy (non-hydrogen) atoms. The van der Waals surface area contributed by atoms with E-state index in [4.69, 9.17) is 16.3 Å². The number of ether oxygens (including phenoxy) is 1. The van der Waals surface area contributed by atoms with Gasteiger partial charge in [-0.25, -0.2) is 0 Å². The van der Waals surface area contributed by atoms with Crippen molar-refractivity contribution in [3.05, 3.63) is 24.3 Å². The number of rotatable bonds is 6. The third kappa shape index (κ3) is 4.02. The smallest absolute Gasteiger partial charge is 0.142 e. The standard InChI is InChI=1S/C15H23ClN2O/c1-19-15-7-3-2-6-14(15)18-12-10-17(11-13-18)9-5-4-8-16/h2-3,6-7H,4-5,8-13H2,1H3. The molecule has 1 aliphatic heterocycles. The number of anilines is 1. The van der Waals surface area contributed by atoms with Gasteiger partial charge in [-0.05, 0) is 31.5 Å². The van der Waals surface area contributed by atoms with Crippen molar-refractivity contribution < 1.29 is 4.74 Å². The largest absolute Gasteiger partial charge is 0.495 e. The molecule has 106 valence electrons. The molecule has 1 heterocycles. The molecule has 0 radical (unpaired) electrons. The van der Waals surface area contributed by atoms with Crippen LogP contribution in [-0.2, 0) is 0 Å². The third-order valence-electron chi connectivity index (χ3n) is 3.66. The molecule has 0 saturated carbocycles. The van der Waals surface area contributed by atoms with E-state index in [2.05, 4.69) is 21.9 Å². The summed E-state index contributed by atoms with van der Waals surface area (Å²) >= 11 is 5.72. The number of hydrogen-bond acceptors (Lipinski definition) is 3. The van der Waals surface area contributed by atoms with Gasteiger partial charge in [-0.2, -0.15) is 0 Å². The van der Waals surface area contributed by atoms with Crippen LogP contribution < -0.4 is 9.64 Å². The lowest BCUT2D eigenvalue weighted by Crippen LogP contribution is -2.46. The molecule has 1 aromatic carbocycles. The number of benzene rings is 1. The van der Waals surface area contributed by atoms with Gasteiger partial charge in [0.25, 0.3) is 0 Å². The molecule has 1 saturated heterocycles. The van der Waals surface area contributed by atoms with E-state index in [1.54, 1.807) is 7.11 Å². The van der Waals surface area contributed by atoms with Crippen molar-refractivity contribution in [2.24, 2.45) is 0 Å². The van der Waals surface area contributed by atoms with Gasteiger partial charge in [0.2, 0.25) is 0 Å². The van der Waals surface area contributed by atoms with Gasteiger partial charge in [0, 0.05) is 32.1 Å². The van der Waals surface area contributed by atoms with E-state index in [0.717, 1.165) is 44.2 Å². The maximum Gasteiger partial charge on any atom is 0.142 e. The predicted molar refractivity (Wildman–Crippen MR) is 81.6 cm³/mol. The second kappa shape index (κ2) is 7.61. The molecule has 4 heteroatoms. The number of nitrogens with zero attached hydrogens (tertiary/aromatic N) is 2. The van der Waals surface area contributed by atoms with Crippen LogP contribution in [0.15, 0.2) is 24.3 Å². The van der Waals surface area contributed by atoms with Gasteiger partial charge < -0.3 is 9.64 Å². The van der Waals surface area contributed by atoms with Crippen molar-refractivity contribution in [2.45, 2.75) is 12.8 Å². The first-order valence-electron chi connectivity index (χ1n) is 7.01. The fourth-order valence-corrected chi connectivity index (χ4v) is 2.72. The molecule has 3 nitrogen and oxygen atoms in total. The van der Waals surface area contributed by atoms with Crippen molar-refractivity contribution in [3.8, 4) is 5.75 Å². The minimum Gasteiger partial charge on any atom is -0.495 e. The lowest BCUT2D eigenvalue weighted by Gasteiger charge is -2.36. The molecule has 0 aromatic heterocycles. The highest BCUT2D eigenvalue weighted by Gasteiger charge is 2.18. The Balaban J connectivity index is 1.85. The van der Waals surface area contributed by atoms with Crippen LogP contribution in [0.3, 0.4) is 0 Å². The molecule has 2 rings (SSSR count). The molecule has 0 N–H and O–H groups in total. The topological polar surface area (TPSA) is 15.7 Å². The first-order chi connectivity index (χ1) is 9.35. The van der Waals surface area contributed by atoms with Gasteiger partial charge in [-0.15, -0.1) is 11.6 Å². The van der Waals surface area contributed by atoms with Crippen LogP contribution in [0.25, 0.3) is 0 Å². The summed E-state index contributed by atoms with van der Waals surface area (Å²) < 4.78 is 5.43. The Hall–Kier alpha value is -0.930. The zero-order valence-electron chi connectivity index (χ0n) is 11.6. The second-order valence-corrected chi connectivity index (χ2v) is 5.27. The Labute approximate surface area is 121 Å². The maximum atomic E-state index is 5.72. The Kier molecular flexibility index (Phi) is 5.80. The quantitative estimate of drug-likeness (QED) is 0.589. The molecule has 0 aliphatic carbocycles. The van der Waals surface area contributed by atoms with Crippen LogP contribution in [-0.4, -0.2) is 50.6 Å². The number of unbranched alkanes of at least 4 members (excludes halogenated alkanes) is 1. The van der Waals surface area contributed by atoms with Gasteiger partial charge in [0.05, 0.1) is 12.8 Å². The average Bonchev–Trinajstić information content (AvgIpc) is 2.48. The van der Waals surface area contributed by atoms with Gasteiger partial charge >= 0.3 is 0 Å². The van der Waals surface area contributed by atoms with Crippen molar-refractivity contribution >= 4 is 17.3 Å². The average molecular weight is 283 g/mol. The van der Waals surface area contributed by atoms with E-state index in [1.807, 2.05) is 12.1 Å². The first-order valence-corrected chi connectivity index (χ1v) is 7.55. The van der Waals surface area contributed by atoms with Crippen LogP contribution in [0, 0.1) is 0 Å². The van der Waals surface area contributed by atoms with Gasteiger partial charge in [0.1, 0.15) is 5.75 Å². The maximum absolute atomic E-state index is 5.72. The number of hydrogen-bond donors (Lipinski definition) is 0. The van der Waals surface area contributed by atoms with Crippen LogP contribution in [0.2, 0.25) is 0 Å². The van der Waals surface area contributed by atoms with E-state index < -0.39 is 0 Å². The molecule has 0 atom stereocenters. The molecule has 1 aromatic rings. The number of para-hydroxylation sites is 2. The summed E-state index contributed by atoms with van der Waals surface area (Å²) in [5, 5.41) is 0. The minimum absolute atomic E-state index is 0.779. The van der Waals surface area contributed by atoms with Crippen molar-refractivity contribution in [1.82, 2.24) is 4.90 Å². The SMILES string of the molecule is COc1ccccc1N1CCN(CCCCCl)CC1. The Morgan fingerprint density at radius 2 is 1.84 bits per heavy atom. The molecule has 0 spiro atoms. The molecule has 0 amide bonds. The van der Waals surface area contributed by atoms with Crippen LogP contribution >= 0.6 is 11.6 Å². The number of methoxy groups -OCH3 is 1. The summed E-state index contributed by atoms with van der Waals surface area (Å²) in [6.45, 7) is 5.57. The van der Waals surface area contributed by atoms with Gasteiger partial charge in [0.15, 0.2) is 0 Å². The van der Waals surface area contributed by atoms with Crippen LogP contribution in [0.4, 0.5) is 5.69 Å². The van der Waals surface area contributed by atoms with E-state index in [0.29, 0.717) is 0 Å². The highest BCUT2D eigenvalue weighted by Crippen LogP contribution is 2.28. The predicted octanol–water partition coefficient (Wildman–Crippen LogP) is 2.84. The van der Waals surface area contributed by atoms with Crippen molar-refractivity contribution in [3.63, 3.8) is 0 Å². The third-order valence-corrected chi connectivity index (χ3v) is 3.92. The van der Waals surface area contributed by atoms with Crippen LogP contribution in [0.1, 0.15) is 12.8 Å². The van der Waals surface area contributed by atoms with Crippen molar-refractivity contribution in [1.29, 1.82) is 0 Å². The van der Waals surface area contributed by atoms with Gasteiger partial charge in [-0.1, -0.05) is 12.1 Å². The van der Waals surface area contributed by atoms with Crippen molar-refractivity contribution in [2.75, 3.05) is 50.6 Å². The van der Waals surface area contributed by atoms with Gasteiger partial charge in [-0.3, -0.25) is 4.90 Å². The number of halogens is 1.